The fourth-order valence-corrected chi connectivity index (χ4v) is 7.74. The highest BCUT2D eigenvalue weighted by Gasteiger charge is 2.58. The lowest BCUT2D eigenvalue weighted by molar-refractivity contribution is -0.241. The Morgan fingerprint density at radius 2 is 1.06 bits per heavy atom. The second kappa shape index (κ2) is 20.7. The van der Waals surface area contributed by atoms with E-state index in [9.17, 15) is 9.59 Å². The van der Waals surface area contributed by atoms with E-state index in [4.69, 9.17) is 28.4 Å². The summed E-state index contributed by atoms with van der Waals surface area (Å²) in [6.45, 7) is 23.5. The van der Waals surface area contributed by atoms with Gasteiger partial charge < -0.3 is 28.4 Å². The summed E-state index contributed by atoms with van der Waals surface area (Å²) in [7, 11) is 0. The molecule has 4 aliphatic heterocycles. The van der Waals surface area contributed by atoms with Crippen LogP contribution in [0.3, 0.4) is 0 Å². The van der Waals surface area contributed by atoms with Crippen molar-refractivity contribution in [1.82, 2.24) is 0 Å². The first-order valence-electron chi connectivity index (χ1n) is 20.2. The minimum atomic E-state index is -0.742. The van der Waals surface area contributed by atoms with Crippen molar-refractivity contribution < 1.29 is 38.0 Å². The second-order valence-electron chi connectivity index (χ2n) is 15.3. The van der Waals surface area contributed by atoms with Crippen LogP contribution in [0.2, 0.25) is 0 Å². The Labute approximate surface area is 304 Å². The van der Waals surface area contributed by atoms with Crippen molar-refractivity contribution in [3.8, 4) is 0 Å². The summed E-state index contributed by atoms with van der Waals surface area (Å²) in [4.78, 5) is 24.1. The Morgan fingerprint density at radius 3 is 1.42 bits per heavy atom. The van der Waals surface area contributed by atoms with E-state index in [1.165, 1.54) is 0 Å². The SMILES string of the molecule is CCC(CC)COC(OCC(CC)CC)C12C=CC(CC1C(C)=O)O2.CCC(CC)COC(OCC(CC)CC)C12C=CC(O1)C(C(C)=O)C2. The molecule has 50 heavy (non-hydrogen) atoms. The van der Waals surface area contributed by atoms with Crippen LogP contribution in [-0.4, -0.2) is 74.0 Å². The molecule has 8 heteroatoms. The van der Waals surface area contributed by atoms with Gasteiger partial charge in [0.2, 0.25) is 0 Å². The molecule has 0 aromatic rings. The molecule has 0 spiro atoms. The molecule has 8 nitrogen and oxygen atoms in total. The summed E-state index contributed by atoms with van der Waals surface area (Å²) in [5, 5.41) is 0. The summed E-state index contributed by atoms with van der Waals surface area (Å²) in [5.74, 6) is 2.19. The number of fused-ring (bicyclic) bond motifs is 4. The van der Waals surface area contributed by atoms with Gasteiger partial charge in [-0.25, -0.2) is 0 Å². The topological polar surface area (TPSA) is 89.5 Å². The van der Waals surface area contributed by atoms with Gasteiger partial charge in [0.25, 0.3) is 0 Å². The molecule has 4 aliphatic rings. The van der Waals surface area contributed by atoms with Gasteiger partial charge in [0.15, 0.2) is 12.6 Å². The van der Waals surface area contributed by atoms with Crippen LogP contribution in [0.4, 0.5) is 0 Å². The van der Waals surface area contributed by atoms with Crippen LogP contribution < -0.4 is 0 Å². The van der Waals surface area contributed by atoms with E-state index in [1.807, 2.05) is 12.2 Å². The molecular weight excluding hydrogens is 632 g/mol. The minimum absolute atomic E-state index is 0.0184. The third-order valence-electron chi connectivity index (χ3n) is 12.1. The standard InChI is InChI=1S/2C21H36O4/c1-6-16(7-2)13-23-20(24-14-17(8-3)9-4)21-11-10-19(25-21)18(12-21)15(5)22;1-6-16(7-2)13-23-20(24-14-17(8-3)9-4)21-11-10-18(25-21)12-19(21)15(5)22/h2*10-11,16-20H,6-9,12-14H2,1-5H3. The second-order valence-corrected chi connectivity index (χ2v) is 15.3. The van der Waals surface area contributed by atoms with Crippen LogP contribution >= 0.6 is 0 Å². The van der Waals surface area contributed by atoms with E-state index in [0.717, 1.165) is 57.8 Å². The molecule has 0 saturated carbocycles. The zero-order valence-corrected chi connectivity index (χ0v) is 33.2. The van der Waals surface area contributed by atoms with E-state index in [-0.39, 0.29) is 35.6 Å². The number of hydrogen-bond acceptors (Lipinski definition) is 8. The Hall–Kier alpha value is -1.42. The van der Waals surface area contributed by atoms with Crippen molar-refractivity contribution in [2.45, 2.75) is 169 Å². The van der Waals surface area contributed by atoms with Crippen molar-refractivity contribution in [3.05, 3.63) is 24.3 Å². The van der Waals surface area contributed by atoms with Crippen LogP contribution in [0.5, 0.6) is 0 Å². The summed E-state index contributed by atoms with van der Waals surface area (Å²) in [6, 6.07) is 0. The lowest BCUT2D eigenvalue weighted by Gasteiger charge is -2.37. The first-order valence-corrected chi connectivity index (χ1v) is 20.2. The molecule has 4 bridgehead atoms. The molecule has 0 radical (unpaired) electrons. The molecule has 0 aromatic carbocycles. The third-order valence-corrected chi connectivity index (χ3v) is 12.1. The van der Waals surface area contributed by atoms with E-state index < -0.39 is 23.8 Å². The lowest BCUT2D eigenvalue weighted by Crippen LogP contribution is -2.50. The third kappa shape index (κ3) is 10.6. The van der Waals surface area contributed by atoms with Crippen LogP contribution in [0.1, 0.15) is 133 Å². The number of Topliss-reactive ketones (excluding diaryl/α,β-unsaturated/α-hetero) is 2. The summed E-state index contributed by atoms with van der Waals surface area (Å²) < 4.78 is 37.4. The summed E-state index contributed by atoms with van der Waals surface area (Å²) in [5.41, 5.74) is -1.34. The fraction of sp³-hybridized carbons (Fsp3) is 0.857. The molecule has 288 valence electrons. The van der Waals surface area contributed by atoms with Crippen molar-refractivity contribution in [3.63, 3.8) is 0 Å². The lowest BCUT2D eigenvalue weighted by atomic mass is 9.80. The summed E-state index contributed by atoms with van der Waals surface area (Å²) >= 11 is 0. The molecule has 0 aliphatic carbocycles. The van der Waals surface area contributed by atoms with Gasteiger partial charge in [-0.2, -0.15) is 0 Å². The Kier molecular flexibility index (Phi) is 17.8. The molecule has 6 atom stereocenters. The molecule has 2 fully saturated rings. The van der Waals surface area contributed by atoms with E-state index in [2.05, 4.69) is 67.5 Å². The molecule has 4 heterocycles. The number of carbonyl (C=O) groups excluding carboxylic acids is 2. The maximum atomic E-state index is 12.2. The minimum Gasteiger partial charge on any atom is -0.358 e. The number of ketones is 2. The molecule has 4 rings (SSSR count). The predicted molar refractivity (Wildman–Crippen MR) is 199 cm³/mol. The smallest absolute Gasteiger partial charge is 0.190 e. The number of hydrogen-bond donors (Lipinski definition) is 0. The fourth-order valence-electron chi connectivity index (χ4n) is 7.74. The number of carbonyl (C=O) groups is 2. The van der Waals surface area contributed by atoms with Gasteiger partial charge in [-0.3, -0.25) is 9.59 Å². The first-order chi connectivity index (χ1) is 24.0. The normalized spacial score (nSPS) is 28.0. The van der Waals surface area contributed by atoms with E-state index in [1.54, 1.807) is 13.8 Å². The largest absolute Gasteiger partial charge is 0.358 e. The highest BCUT2D eigenvalue weighted by atomic mass is 16.7. The molecule has 6 unspecified atom stereocenters. The first kappa shape index (κ1) is 43.0. The van der Waals surface area contributed by atoms with Crippen molar-refractivity contribution >= 4 is 11.6 Å². The van der Waals surface area contributed by atoms with Gasteiger partial charge in [0, 0.05) is 0 Å². The van der Waals surface area contributed by atoms with Gasteiger partial charge in [-0.1, -0.05) is 119 Å². The average molecular weight is 705 g/mol. The molecule has 0 aromatic heterocycles. The zero-order chi connectivity index (χ0) is 36.9. The van der Waals surface area contributed by atoms with Crippen molar-refractivity contribution in [2.24, 2.45) is 35.5 Å². The predicted octanol–water partition coefficient (Wildman–Crippen LogP) is 9.04. The molecule has 0 N–H and O–H groups in total. The maximum Gasteiger partial charge on any atom is 0.190 e. The van der Waals surface area contributed by atoms with Gasteiger partial charge >= 0.3 is 0 Å². The van der Waals surface area contributed by atoms with Gasteiger partial charge in [-0.05, 0) is 62.5 Å². The average Bonchev–Trinajstić information content (AvgIpc) is 3.92. The molecule has 0 amide bonds. The quantitative estimate of drug-likeness (QED) is 0.0727. The maximum absolute atomic E-state index is 12.2. The number of ether oxygens (including phenoxy) is 6. The molecule has 2 saturated heterocycles. The highest BCUT2D eigenvalue weighted by Crippen LogP contribution is 2.48. The van der Waals surface area contributed by atoms with Crippen molar-refractivity contribution in [1.29, 1.82) is 0 Å². The number of rotatable bonds is 24. The van der Waals surface area contributed by atoms with Gasteiger partial charge in [0.1, 0.15) is 22.8 Å². The molecular formula is C42H72O8. The monoisotopic (exact) mass is 705 g/mol. The zero-order valence-electron chi connectivity index (χ0n) is 33.2. The van der Waals surface area contributed by atoms with E-state index >= 15 is 0 Å². The Morgan fingerprint density at radius 1 is 0.620 bits per heavy atom. The van der Waals surface area contributed by atoms with Crippen LogP contribution in [0.25, 0.3) is 0 Å². The Bertz CT molecular complexity index is 1040. The van der Waals surface area contributed by atoms with Crippen LogP contribution in [0, 0.1) is 35.5 Å². The van der Waals surface area contributed by atoms with Gasteiger partial charge in [0.05, 0.1) is 50.5 Å². The van der Waals surface area contributed by atoms with Gasteiger partial charge in [-0.15, -0.1) is 0 Å². The van der Waals surface area contributed by atoms with Crippen LogP contribution in [-0.2, 0) is 38.0 Å². The van der Waals surface area contributed by atoms with Crippen molar-refractivity contribution in [2.75, 3.05) is 26.4 Å². The van der Waals surface area contributed by atoms with Crippen LogP contribution in [0.15, 0.2) is 24.3 Å². The van der Waals surface area contributed by atoms with E-state index in [0.29, 0.717) is 56.5 Å². The summed E-state index contributed by atoms with van der Waals surface area (Å²) in [6.07, 6.45) is 17.3. The Balaban J connectivity index is 0.000000270. The highest BCUT2D eigenvalue weighted by molar-refractivity contribution is 5.81.